The van der Waals surface area contributed by atoms with Gasteiger partial charge in [0.15, 0.2) is 5.78 Å². The summed E-state index contributed by atoms with van der Waals surface area (Å²) in [5.74, 6) is 2.25. The Kier molecular flexibility index (Phi) is 7.93. The van der Waals surface area contributed by atoms with Crippen molar-refractivity contribution >= 4 is 31.2 Å². The maximum absolute atomic E-state index is 12.3. The van der Waals surface area contributed by atoms with Crippen molar-refractivity contribution in [2.45, 2.75) is 38.9 Å². The average molecular weight is 355 g/mol. The van der Waals surface area contributed by atoms with Crippen LogP contribution in [0.15, 0.2) is 22.3 Å². The van der Waals surface area contributed by atoms with Gasteiger partial charge in [-0.05, 0) is 18.1 Å². The summed E-state index contributed by atoms with van der Waals surface area (Å²) in [5.41, 5.74) is 3.76. The minimum atomic E-state index is -1.73. The second kappa shape index (κ2) is 9.19. The number of hydrogen-bond acceptors (Lipinski definition) is 4. The van der Waals surface area contributed by atoms with Gasteiger partial charge in [-0.15, -0.1) is 5.54 Å². The van der Waals surface area contributed by atoms with Crippen molar-refractivity contribution in [3.8, 4) is 11.5 Å². The zero-order valence-corrected chi connectivity index (χ0v) is 15.9. The fourth-order valence-electron chi connectivity index (χ4n) is 2.36. The molecule has 0 heterocycles. The van der Waals surface area contributed by atoms with Crippen LogP contribution in [0.4, 0.5) is 0 Å². The topological polar surface area (TPSA) is 52.6 Å². The second-order valence-electron chi connectivity index (χ2n) is 5.39. The quantitative estimate of drug-likeness (QED) is 0.231. The smallest absolute Gasteiger partial charge is 0.213 e. The molecule has 0 radical (unpaired) electrons. The maximum Gasteiger partial charge on any atom is 0.213 e. The Bertz CT molecular complexity index is 583. The van der Waals surface area contributed by atoms with E-state index in [2.05, 4.69) is 32.2 Å². The maximum atomic E-state index is 12.3. The lowest BCUT2D eigenvalue weighted by Gasteiger charge is -2.20. The molecule has 0 aromatic carbocycles. The first kappa shape index (κ1) is 19.9. The normalized spacial score (nSPS) is 15.4. The van der Waals surface area contributed by atoms with E-state index in [9.17, 15) is 9.59 Å². The van der Waals surface area contributed by atoms with Crippen LogP contribution in [0.3, 0.4) is 0 Å². The molecule has 1 aliphatic rings. The van der Waals surface area contributed by atoms with Crippen molar-refractivity contribution in [3.63, 3.8) is 0 Å². The molecule has 0 aromatic rings. The molecule has 0 N–H and O–H groups in total. The van der Waals surface area contributed by atoms with Gasteiger partial charge < -0.3 is 9.47 Å². The highest BCUT2D eigenvalue weighted by Crippen LogP contribution is 2.23. The van der Waals surface area contributed by atoms with Crippen molar-refractivity contribution < 1.29 is 19.1 Å². The van der Waals surface area contributed by atoms with Crippen LogP contribution < -0.4 is 0 Å². The SMILES string of the molecule is CC[Si](C#CC1=C(COCOC)C(=O)C=C(Cl)C1=O)(CC)CC. The molecule has 0 atom stereocenters. The van der Waals surface area contributed by atoms with Crippen LogP contribution in [-0.4, -0.2) is 40.1 Å². The molecule has 0 aliphatic heterocycles. The Balaban J connectivity index is 3.25. The monoisotopic (exact) mass is 354 g/mol. The van der Waals surface area contributed by atoms with Crippen molar-refractivity contribution in [3.05, 3.63) is 22.3 Å². The minimum Gasteiger partial charge on any atom is -0.359 e. The van der Waals surface area contributed by atoms with E-state index in [-0.39, 0.29) is 35.4 Å². The molecule has 0 unspecified atom stereocenters. The minimum absolute atomic E-state index is 0.0119. The summed E-state index contributed by atoms with van der Waals surface area (Å²) in [6.07, 6.45) is 1.13. The van der Waals surface area contributed by atoms with E-state index < -0.39 is 13.9 Å². The van der Waals surface area contributed by atoms with Gasteiger partial charge in [0.1, 0.15) is 14.9 Å². The number of ether oxygens (including phenoxy) is 2. The summed E-state index contributed by atoms with van der Waals surface area (Å²) >= 11 is 5.87. The van der Waals surface area contributed by atoms with Gasteiger partial charge in [-0.2, -0.15) is 0 Å². The molecule has 0 aromatic heterocycles. The molecule has 23 heavy (non-hydrogen) atoms. The van der Waals surface area contributed by atoms with Gasteiger partial charge in [0, 0.05) is 18.8 Å². The highest BCUT2D eigenvalue weighted by molar-refractivity contribution is 6.87. The van der Waals surface area contributed by atoms with Crippen LogP contribution in [-0.2, 0) is 19.1 Å². The molecule has 0 saturated carbocycles. The van der Waals surface area contributed by atoms with Gasteiger partial charge in [-0.25, -0.2) is 0 Å². The summed E-state index contributed by atoms with van der Waals surface area (Å²) in [4.78, 5) is 24.5. The molecule has 0 bridgehead atoms. The van der Waals surface area contributed by atoms with E-state index in [1.807, 2.05) is 0 Å². The van der Waals surface area contributed by atoms with Crippen molar-refractivity contribution in [1.29, 1.82) is 0 Å². The predicted octanol–water partition coefficient (Wildman–Crippen LogP) is 3.23. The molecule has 1 aliphatic carbocycles. The van der Waals surface area contributed by atoms with Crippen molar-refractivity contribution in [1.82, 2.24) is 0 Å². The van der Waals surface area contributed by atoms with Crippen LogP contribution in [0.25, 0.3) is 0 Å². The average Bonchev–Trinajstić information content (AvgIpc) is 2.55. The first-order valence-electron chi connectivity index (χ1n) is 7.73. The van der Waals surface area contributed by atoms with Gasteiger partial charge in [0.25, 0.3) is 0 Å². The van der Waals surface area contributed by atoms with Gasteiger partial charge >= 0.3 is 0 Å². The van der Waals surface area contributed by atoms with E-state index >= 15 is 0 Å². The van der Waals surface area contributed by atoms with Crippen LogP contribution in [0.1, 0.15) is 20.8 Å². The standard InChI is InChI=1S/C17H23ClO4Si/c1-5-23(6-2,7-3)9-8-13-14(11-22-12-21-4)16(19)10-15(18)17(13)20/h10H,5-7,11-12H2,1-4H3. The molecule has 0 saturated heterocycles. The molecule has 0 amide bonds. The van der Waals surface area contributed by atoms with Crippen LogP contribution >= 0.6 is 11.6 Å². The zero-order valence-electron chi connectivity index (χ0n) is 14.1. The first-order chi connectivity index (χ1) is 10.9. The third-order valence-corrected chi connectivity index (χ3v) is 9.23. The zero-order chi connectivity index (χ0) is 17.5. The third-order valence-electron chi connectivity index (χ3n) is 4.23. The molecule has 126 valence electrons. The first-order valence-corrected chi connectivity index (χ1v) is 10.7. The van der Waals surface area contributed by atoms with Crippen LogP contribution in [0.5, 0.6) is 0 Å². The lowest BCUT2D eigenvalue weighted by molar-refractivity contribution is -0.116. The Morgan fingerprint density at radius 1 is 1.17 bits per heavy atom. The summed E-state index contributed by atoms with van der Waals surface area (Å²) in [7, 11) is -0.240. The second-order valence-corrected chi connectivity index (χ2v) is 10.7. The van der Waals surface area contributed by atoms with E-state index in [1.165, 1.54) is 7.11 Å². The van der Waals surface area contributed by atoms with Gasteiger partial charge in [0.2, 0.25) is 5.78 Å². The predicted molar refractivity (Wildman–Crippen MR) is 93.8 cm³/mol. The van der Waals surface area contributed by atoms with Crippen molar-refractivity contribution in [2.24, 2.45) is 0 Å². The highest BCUT2D eigenvalue weighted by atomic mass is 35.5. The van der Waals surface area contributed by atoms with Crippen LogP contribution in [0.2, 0.25) is 18.1 Å². The lowest BCUT2D eigenvalue weighted by atomic mass is 9.96. The van der Waals surface area contributed by atoms with Gasteiger partial charge in [-0.1, -0.05) is 38.3 Å². The number of carbonyl (C=O) groups excluding carboxylic acids is 2. The van der Waals surface area contributed by atoms with E-state index in [1.54, 1.807) is 0 Å². The molecular formula is C17H23ClO4Si. The van der Waals surface area contributed by atoms with E-state index in [0.29, 0.717) is 0 Å². The van der Waals surface area contributed by atoms with Gasteiger partial charge in [-0.3, -0.25) is 9.59 Å². The largest absolute Gasteiger partial charge is 0.359 e. The molecule has 0 spiro atoms. The number of ketones is 2. The van der Waals surface area contributed by atoms with Crippen molar-refractivity contribution in [2.75, 3.05) is 20.5 Å². The van der Waals surface area contributed by atoms with Gasteiger partial charge in [0.05, 0.1) is 17.2 Å². The number of carbonyl (C=O) groups is 2. The Morgan fingerprint density at radius 2 is 1.78 bits per heavy atom. The summed E-state index contributed by atoms with van der Waals surface area (Å²) in [6.45, 7) is 6.42. The highest BCUT2D eigenvalue weighted by Gasteiger charge is 2.28. The number of Topliss-reactive ketones (excluding diaryl/α,β-unsaturated/α-hetero) is 1. The number of rotatable bonds is 7. The summed E-state index contributed by atoms with van der Waals surface area (Å²) < 4.78 is 10.0. The third kappa shape index (κ3) is 4.89. The number of halogens is 1. The molecule has 0 fully saturated rings. The fourth-order valence-corrected chi connectivity index (χ4v) is 4.97. The molecule has 1 rings (SSSR count). The summed E-state index contributed by atoms with van der Waals surface area (Å²) in [6, 6.07) is 3.05. The Labute approximate surface area is 143 Å². The Morgan fingerprint density at radius 3 is 2.30 bits per heavy atom. The summed E-state index contributed by atoms with van der Waals surface area (Å²) in [5, 5.41) is -0.0912. The molecule has 4 nitrogen and oxygen atoms in total. The number of hydrogen-bond donors (Lipinski definition) is 0. The lowest BCUT2D eigenvalue weighted by Crippen LogP contribution is -2.30. The molecule has 6 heteroatoms. The molecular weight excluding hydrogens is 332 g/mol. The van der Waals surface area contributed by atoms with E-state index in [4.69, 9.17) is 21.1 Å². The van der Waals surface area contributed by atoms with Crippen LogP contribution in [0, 0.1) is 11.5 Å². The number of methoxy groups -OCH3 is 1. The Hall–Kier alpha value is -1.19. The number of allylic oxidation sites excluding steroid dienone is 3. The van der Waals surface area contributed by atoms with E-state index in [0.717, 1.165) is 24.2 Å². The fraction of sp³-hybridized carbons (Fsp3) is 0.529.